The van der Waals surface area contributed by atoms with Gasteiger partial charge in [0, 0.05) is 13.0 Å². The van der Waals surface area contributed by atoms with Crippen LogP contribution < -0.4 is 4.74 Å². The highest BCUT2D eigenvalue weighted by molar-refractivity contribution is 6.21. The number of ether oxygens (including phenoxy) is 1. The quantitative estimate of drug-likeness (QED) is 0.485. The van der Waals surface area contributed by atoms with Crippen molar-refractivity contribution in [2.45, 2.75) is 18.7 Å². The molecule has 4 rings (SSSR count). The first-order chi connectivity index (χ1) is 16.9. The monoisotopic (exact) mass is 430 g/mol. The number of alkyl halides is 3. The maximum Gasteiger partial charge on any atom is 0.416 e. The zero-order chi connectivity index (χ0) is 26.4. The zero-order valence-electron chi connectivity index (χ0n) is 20.9. The molecule has 0 bridgehead atoms. The molecule has 158 valence electrons. The third kappa shape index (κ3) is 4.30. The number of benzene rings is 3. The summed E-state index contributed by atoms with van der Waals surface area (Å²) in [6.07, 6.45) is -6.03. The number of carbonyl (C=O) groups is 2. The molecule has 7 heteroatoms. The summed E-state index contributed by atoms with van der Waals surface area (Å²) in [5.41, 5.74) is -0.728. The van der Waals surface area contributed by atoms with Gasteiger partial charge in [-0.1, -0.05) is 42.3 Å². The van der Waals surface area contributed by atoms with Gasteiger partial charge in [0.25, 0.3) is 11.8 Å². The third-order valence-electron chi connectivity index (χ3n) is 4.79. The summed E-state index contributed by atoms with van der Waals surface area (Å²) in [6.45, 7) is -0.222. The molecule has 0 aromatic heterocycles. The van der Waals surface area contributed by atoms with Gasteiger partial charge in [0.1, 0.15) is 11.9 Å². The molecule has 0 spiro atoms. The lowest BCUT2D eigenvalue weighted by molar-refractivity contribution is -0.137. The van der Waals surface area contributed by atoms with Crippen molar-refractivity contribution in [2.24, 2.45) is 0 Å². The Labute approximate surface area is 183 Å². The Morgan fingerprint density at radius 1 is 0.903 bits per heavy atom. The number of rotatable bonds is 6. The molecule has 3 aromatic carbocycles. The second-order valence-electron chi connectivity index (χ2n) is 6.76. The number of carbonyl (C=O) groups excluding carboxylic acids is 2. The van der Waals surface area contributed by atoms with Gasteiger partial charge in [0.05, 0.1) is 23.5 Å². The molecule has 2 amide bonds. The van der Waals surface area contributed by atoms with Crippen molar-refractivity contribution in [3.8, 4) is 5.75 Å². The molecule has 1 aliphatic heterocycles. The Morgan fingerprint density at radius 3 is 2.03 bits per heavy atom. The molecule has 1 aliphatic rings. The van der Waals surface area contributed by atoms with Crippen LogP contribution in [0.25, 0.3) is 0 Å². The SMILES string of the molecule is [2H]c1c([2H])c([2H])c([C@@H](CCN2C(=O)c3ccccc3C2=O)Oc2ccc(C(F)(F)F)cc2)c([2H])c1[2H]. The Morgan fingerprint density at radius 2 is 1.48 bits per heavy atom. The lowest BCUT2D eigenvalue weighted by atomic mass is 10.1. The fourth-order valence-corrected chi connectivity index (χ4v) is 3.26. The summed E-state index contributed by atoms with van der Waals surface area (Å²) in [7, 11) is 0. The molecule has 0 aliphatic carbocycles. The lowest BCUT2D eigenvalue weighted by Crippen LogP contribution is -2.32. The van der Waals surface area contributed by atoms with Gasteiger partial charge < -0.3 is 4.74 Å². The van der Waals surface area contributed by atoms with E-state index < -0.39 is 59.9 Å². The van der Waals surface area contributed by atoms with E-state index in [1.54, 1.807) is 12.1 Å². The Hall–Kier alpha value is -3.61. The van der Waals surface area contributed by atoms with Crippen molar-refractivity contribution in [3.63, 3.8) is 0 Å². The maximum absolute atomic E-state index is 12.9. The van der Waals surface area contributed by atoms with Crippen LogP contribution in [0, 0.1) is 0 Å². The fourth-order valence-electron chi connectivity index (χ4n) is 3.26. The van der Waals surface area contributed by atoms with Crippen LogP contribution >= 0.6 is 0 Å². The van der Waals surface area contributed by atoms with Gasteiger partial charge in [-0.3, -0.25) is 14.5 Å². The van der Waals surface area contributed by atoms with Crippen LogP contribution in [0.5, 0.6) is 5.75 Å². The first-order valence-electron chi connectivity index (χ1n) is 11.8. The molecule has 4 nitrogen and oxygen atoms in total. The van der Waals surface area contributed by atoms with Gasteiger partial charge >= 0.3 is 6.18 Å². The van der Waals surface area contributed by atoms with E-state index >= 15 is 0 Å². The average molecular weight is 430 g/mol. The second-order valence-corrected chi connectivity index (χ2v) is 6.76. The van der Waals surface area contributed by atoms with Gasteiger partial charge in [-0.05, 0) is 42.0 Å². The van der Waals surface area contributed by atoms with E-state index in [-0.39, 0.29) is 35.4 Å². The number of imide groups is 1. The third-order valence-corrected chi connectivity index (χ3v) is 4.79. The van der Waals surface area contributed by atoms with Gasteiger partial charge in [0.2, 0.25) is 0 Å². The number of hydrogen-bond acceptors (Lipinski definition) is 3. The van der Waals surface area contributed by atoms with E-state index in [0.29, 0.717) is 0 Å². The number of fused-ring (bicyclic) bond motifs is 1. The first kappa shape index (κ1) is 15.2. The molecule has 1 heterocycles. The highest BCUT2D eigenvalue weighted by atomic mass is 19.4. The molecule has 0 unspecified atom stereocenters. The van der Waals surface area contributed by atoms with E-state index in [1.807, 2.05) is 0 Å². The summed E-state index contributed by atoms with van der Waals surface area (Å²) < 4.78 is 84.9. The summed E-state index contributed by atoms with van der Waals surface area (Å²) in [6, 6.07) is 6.93. The lowest BCUT2D eigenvalue weighted by Gasteiger charge is -2.22. The standard InChI is InChI=1S/C24H18F3NO3/c25-24(26,27)17-10-12-18(13-11-17)31-21(16-6-2-1-3-7-16)14-15-28-22(29)19-8-4-5-9-20(19)23(28)30/h1-13,21H,14-15H2/t21-/m1/s1/i1D,2D,3D,6D,7D. The van der Waals surface area contributed by atoms with Crippen molar-refractivity contribution in [1.29, 1.82) is 0 Å². The maximum atomic E-state index is 12.9. The van der Waals surface area contributed by atoms with E-state index in [4.69, 9.17) is 11.6 Å². The molecule has 0 saturated carbocycles. The van der Waals surface area contributed by atoms with Gasteiger partial charge in [-0.2, -0.15) is 13.2 Å². The molecule has 0 N–H and O–H groups in total. The van der Waals surface area contributed by atoms with Gasteiger partial charge in [0.15, 0.2) is 0 Å². The number of nitrogens with zero attached hydrogens (tertiary/aromatic N) is 1. The van der Waals surface area contributed by atoms with E-state index in [2.05, 4.69) is 0 Å². The Kier molecular flexibility index (Phi) is 4.06. The van der Waals surface area contributed by atoms with Crippen LogP contribution in [-0.4, -0.2) is 23.3 Å². The van der Waals surface area contributed by atoms with Crippen LogP contribution in [0.2, 0.25) is 0 Å². The topological polar surface area (TPSA) is 46.6 Å². The zero-order valence-corrected chi connectivity index (χ0v) is 15.9. The Bertz CT molecular complexity index is 1300. The van der Waals surface area contributed by atoms with Crippen molar-refractivity contribution in [3.05, 3.63) is 101 Å². The molecular weight excluding hydrogens is 407 g/mol. The van der Waals surface area contributed by atoms with Crippen LogP contribution in [0.15, 0.2) is 78.7 Å². The predicted octanol–water partition coefficient (Wildman–Crippen LogP) is 5.51. The normalized spacial score (nSPS) is 16.7. The molecular formula is C24H18F3NO3. The van der Waals surface area contributed by atoms with E-state index in [9.17, 15) is 22.8 Å². The van der Waals surface area contributed by atoms with Crippen molar-refractivity contribution in [1.82, 2.24) is 4.90 Å². The van der Waals surface area contributed by atoms with Gasteiger partial charge in [-0.15, -0.1) is 0 Å². The first-order valence-corrected chi connectivity index (χ1v) is 9.27. The predicted molar refractivity (Wildman–Crippen MR) is 108 cm³/mol. The van der Waals surface area contributed by atoms with Crippen LogP contribution in [0.3, 0.4) is 0 Å². The van der Waals surface area contributed by atoms with Crippen molar-refractivity contribution >= 4 is 11.8 Å². The number of halogens is 3. The summed E-state index contributed by atoms with van der Waals surface area (Å²) in [5, 5.41) is 0. The second kappa shape index (κ2) is 8.26. The Balaban J connectivity index is 1.68. The van der Waals surface area contributed by atoms with Crippen molar-refractivity contribution in [2.75, 3.05) is 6.54 Å². The largest absolute Gasteiger partial charge is 0.486 e. The van der Waals surface area contributed by atoms with E-state index in [1.165, 1.54) is 12.1 Å². The van der Waals surface area contributed by atoms with Crippen LogP contribution in [-0.2, 0) is 6.18 Å². The summed E-state index contributed by atoms with van der Waals surface area (Å²) in [4.78, 5) is 26.4. The summed E-state index contributed by atoms with van der Waals surface area (Å²) in [5.74, 6) is -1.16. The average Bonchev–Trinajstić information content (AvgIpc) is 3.09. The minimum atomic E-state index is -4.57. The molecule has 0 radical (unpaired) electrons. The number of hydrogen-bond donors (Lipinski definition) is 0. The molecule has 0 fully saturated rings. The highest BCUT2D eigenvalue weighted by Crippen LogP contribution is 2.32. The molecule has 1 atom stereocenters. The molecule has 3 aromatic rings. The van der Waals surface area contributed by atoms with Crippen molar-refractivity contribution < 1.29 is 34.4 Å². The summed E-state index contributed by atoms with van der Waals surface area (Å²) >= 11 is 0. The van der Waals surface area contributed by atoms with Crippen LogP contribution in [0.4, 0.5) is 13.2 Å². The number of amides is 2. The van der Waals surface area contributed by atoms with Gasteiger partial charge in [-0.25, -0.2) is 0 Å². The fraction of sp³-hybridized carbons (Fsp3) is 0.167. The van der Waals surface area contributed by atoms with E-state index in [0.717, 1.165) is 29.2 Å². The molecule has 31 heavy (non-hydrogen) atoms. The molecule has 0 saturated heterocycles. The van der Waals surface area contributed by atoms with Crippen LogP contribution in [0.1, 0.15) is 51.2 Å². The minimum absolute atomic E-state index is 0.0535. The minimum Gasteiger partial charge on any atom is -0.486 e. The smallest absolute Gasteiger partial charge is 0.416 e. The highest BCUT2D eigenvalue weighted by Gasteiger charge is 2.35.